The Morgan fingerprint density at radius 1 is 1.29 bits per heavy atom. The highest BCUT2D eigenvalue weighted by Crippen LogP contribution is 1.86. The maximum Gasteiger partial charge on any atom is 0.414 e. The predicted molar refractivity (Wildman–Crippen MR) is 45.0 cm³/mol. The van der Waals surface area contributed by atoms with Crippen LogP contribution >= 0.6 is 0 Å². The number of hydrogen-bond donors (Lipinski definition) is 4. The number of rotatable bonds is 0. The van der Waals surface area contributed by atoms with Crippen LogP contribution in [0.4, 0.5) is 0 Å². The lowest BCUT2D eigenvalue weighted by atomic mass is 10.4. The molecule has 1 atom stereocenters. The topological polar surface area (TPSA) is 116 Å². The molecular weight excluding hydrogens is 194 g/mol. The number of nitrogens with one attached hydrogen (secondary N) is 1. The van der Waals surface area contributed by atoms with E-state index in [1.165, 1.54) is 0 Å². The molecule has 1 fully saturated rings. The van der Waals surface area contributed by atoms with Crippen LogP contribution in [0.15, 0.2) is 0 Å². The van der Waals surface area contributed by atoms with Gasteiger partial charge in [0.15, 0.2) is 0 Å². The molecule has 0 aromatic heterocycles. The average Bonchev–Trinajstić information content (AvgIpc) is 2.33. The first-order valence-electron chi connectivity index (χ1n) is 3.96. The molecule has 0 aromatic carbocycles. The Hall–Kier alpha value is -1.18. The number of aliphatic hydroxyl groups is 1. The maximum absolute atomic E-state index is 9.10. The molecule has 7 heteroatoms. The molecule has 0 spiro atoms. The van der Waals surface area contributed by atoms with E-state index in [1.807, 2.05) is 0 Å². The van der Waals surface area contributed by atoms with E-state index in [1.54, 1.807) is 0 Å². The van der Waals surface area contributed by atoms with Crippen LogP contribution in [0.3, 0.4) is 0 Å². The fourth-order valence-corrected chi connectivity index (χ4v) is 0.691. The zero-order valence-electron chi connectivity index (χ0n) is 7.47. The van der Waals surface area contributed by atoms with Gasteiger partial charge in [0.2, 0.25) is 0 Å². The van der Waals surface area contributed by atoms with Crippen LogP contribution in [0.5, 0.6) is 0 Å². The van der Waals surface area contributed by atoms with Crippen molar-refractivity contribution in [2.75, 3.05) is 26.3 Å². The van der Waals surface area contributed by atoms with E-state index in [4.69, 9.17) is 29.6 Å². The van der Waals surface area contributed by atoms with Crippen LogP contribution in [-0.2, 0) is 14.3 Å². The van der Waals surface area contributed by atoms with Crippen LogP contribution in [0.2, 0.25) is 0 Å². The number of hydrogen-bond acceptors (Lipinski definition) is 5. The van der Waals surface area contributed by atoms with Gasteiger partial charge >= 0.3 is 11.9 Å². The van der Waals surface area contributed by atoms with Crippen LogP contribution in [0.25, 0.3) is 0 Å². The summed E-state index contributed by atoms with van der Waals surface area (Å²) >= 11 is 0. The van der Waals surface area contributed by atoms with Crippen LogP contribution in [-0.4, -0.2) is 59.7 Å². The van der Waals surface area contributed by atoms with Gasteiger partial charge in [0.05, 0.1) is 19.3 Å². The van der Waals surface area contributed by atoms with Gasteiger partial charge in [0, 0.05) is 13.1 Å². The first kappa shape index (κ1) is 12.8. The van der Waals surface area contributed by atoms with Crippen molar-refractivity contribution in [3.05, 3.63) is 0 Å². The molecular formula is C7H13NO6. The van der Waals surface area contributed by atoms with Crippen LogP contribution in [0, 0.1) is 0 Å². The van der Waals surface area contributed by atoms with Crippen molar-refractivity contribution in [2.45, 2.75) is 6.10 Å². The Labute approximate surface area is 80.3 Å². The Kier molecular flexibility index (Phi) is 6.63. The van der Waals surface area contributed by atoms with Crippen LogP contribution < -0.4 is 5.32 Å². The number of carboxylic acids is 2. The van der Waals surface area contributed by atoms with E-state index in [-0.39, 0.29) is 6.10 Å². The third-order valence-corrected chi connectivity index (χ3v) is 1.30. The highest BCUT2D eigenvalue weighted by Gasteiger charge is 2.06. The molecule has 0 aromatic rings. The number of carboxylic acid groups (broad SMARTS) is 2. The van der Waals surface area contributed by atoms with Crippen molar-refractivity contribution in [2.24, 2.45) is 0 Å². The molecule has 7 nitrogen and oxygen atoms in total. The quantitative estimate of drug-likeness (QED) is 0.343. The standard InChI is InChI=1S/C5H11NO2.C2H2O4/c7-5-3-6-1-2-8-4-5;3-1(4)2(5)6/h5-7H,1-4H2;(H,3,4)(H,5,6). The molecule has 0 amide bonds. The first-order valence-corrected chi connectivity index (χ1v) is 3.96. The predicted octanol–water partition coefficient (Wildman–Crippen LogP) is -1.88. The zero-order valence-corrected chi connectivity index (χ0v) is 7.47. The summed E-state index contributed by atoms with van der Waals surface area (Å²) in [7, 11) is 0. The monoisotopic (exact) mass is 207 g/mol. The van der Waals surface area contributed by atoms with Gasteiger partial charge in [-0.05, 0) is 0 Å². The second-order valence-electron chi connectivity index (χ2n) is 2.54. The summed E-state index contributed by atoms with van der Waals surface area (Å²) in [6, 6.07) is 0. The molecule has 0 bridgehead atoms. The number of ether oxygens (including phenoxy) is 1. The van der Waals surface area contributed by atoms with E-state index in [0.717, 1.165) is 13.2 Å². The molecule has 1 heterocycles. The SMILES string of the molecule is O=C(O)C(=O)O.OC1CNCCOC1. The number of carbonyl (C=O) groups is 2. The van der Waals surface area contributed by atoms with E-state index in [0.29, 0.717) is 13.2 Å². The summed E-state index contributed by atoms with van der Waals surface area (Å²) < 4.78 is 4.99. The Bertz CT molecular complexity index is 175. The summed E-state index contributed by atoms with van der Waals surface area (Å²) in [6.07, 6.45) is -0.308. The van der Waals surface area contributed by atoms with Crippen molar-refractivity contribution >= 4 is 11.9 Å². The maximum atomic E-state index is 9.10. The minimum atomic E-state index is -1.82. The zero-order chi connectivity index (χ0) is 11.0. The van der Waals surface area contributed by atoms with Gasteiger partial charge in [-0.25, -0.2) is 9.59 Å². The summed E-state index contributed by atoms with van der Waals surface area (Å²) in [5, 5.41) is 26.7. The molecule has 0 saturated carbocycles. The summed E-state index contributed by atoms with van der Waals surface area (Å²) in [4.78, 5) is 18.2. The van der Waals surface area contributed by atoms with Crippen molar-refractivity contribution in [3.8, 4) is 0 Å². The summed E-state index contributed by atoms with van der Waals surface area (Å²) in [5.74, 6) is -3.65. The molecule has 82 valence electrons. The van der Waals surface area contributed by atoms with Crippen LogP contribution in [0.1, 0.15) is 0 Å². The van der Waals surface area contributed by atoms with Gasteiger partial charge in [-0.15, -0.1) is 0 Å². The smallest absolute Gasteiger partial charge is 0.414 e. The fourth-order valence-electron chi connectivity index (χ4n) is 0.691. The van der Waals surface area contributed by atoms with E-state index in [2.05, 4.69) is 5.32 Å². The fraction of sp³-hybridized carbons (Fsp3) is 0.714. The number of β-amino-alcohol motifs (C(OH)–C–C–N with tert-alkyl or cyclic N) is 1. The Balaban J connectivity index is 0.000000255. The third-order valence-electron chi connectivity index (χ3n) is 1.30. The summed E-state index contributed by atoms with van der Waals surface area (Å²) in [6.45, 7) is 2.72. The minimum Gasteiger partial charge on any atom is -0.473 e. The molecule has 14 heavy (non-hydrogen) atoms. The molecule has 0 radical (unpaired) electrons. The summed E-state index contributed by atoms with van der Waals surface area (Å²) in [5.41, 5.74) is 0. The highest BCUT2D eigenvalue weighted by molar-refractivity contribution is 6.27. The van der Waals surface area contributed by atoms with E-state index in [9.17, 15) is 0 Å². The minimum absolute atomic E-state index is 0.308. The molecule has 1 aliphatic rings. The van der Waals surface area contributed by atoms with Gasteiger partial charge in [0.1, 0.15) is 0 Å². The molecule has 1 aliphatic heterocycles. The second-order valence-corrected chi connectivity index (χ2v) is 2.54. The first-order chi connectivity index (χ1) is 6.54. The molecule has 1 saturated heterocycles. The van der Waals surface area contributed by atoms with E-state index < -0.39 is 11.9 Å². The lowest BCUT2D eigenvalue weighted by molar-refractivity contribution is -0.159. The van der Waals surface area contributed by atoms with Gasteiger partial charge in [0.25, 0.3) is 0 Å². The lowest BCUT2D eigenvalue weighted by Gasteiger charge is -2.02. The number of aliphatic carboxylic acids is 2. The Morgan fingerprint density at radius 3 is 2.36 bits per heavy atom. The normalized spacial score (nSPS) is 21.4. The van der Waals surface area contributed by atoms with Crippen molar-refractivity contribution < 1.29 is 29.6 Å². The molecule has 1 unspecified atom stereocenters. The van der Waals surface area contributed by atoms with Crippen molar-refractivity contribution in [1.29, 1.82) is 0 Å². The van der Waals surface area contributed by atoms with Crippen molar-refractivity contribution in [1.82, 2.24) is 5.32 Å². The van der Waals surface area contributed by atoms with E-state index >= 15 is 0 Å². The number of aliphatic hydroxyl groups excluding tert-OH is 1. The largest absolute Gasteiger partial charge is 0.473 e. The van der Waals surface area contributed by atoms with Gasteiger partial charge in [-0.1, -0.05) is 0 Å². The molecule has 1 rings (SSSR count). The van der Waals surface area contributed by atoms with Gasteiger partial charge < -0.3 is 25.4 Å². The highest BCUT2D eigenvalue weighted by atomic mass is 16.5. The Morgan fingerprint density at radius 2 is 1.86 bits per heavy atom. The van der Waals surface area contributed by atoms with Gasteiger partial charge in [-0.2, -0.15) is 0 Å². The molecule has 0 aliphatic carbocycles. The van der Waals surface area contributed by atoms with Gasteiger partial charge in [-0.3, -0.25) is 0 Å². The average molecular weight is 207 g/mol. The lowest BCUT2D eigenvalue weighted by Crippen LogP contribution is -2.26. The van der Waals surface area contributed by atoms with Crippen molar-refractivity contribution in [3.63, 3.8) is 0 Å². The third kappa shape index (κ3) is 7.47. The molecule has 4 N–H and O–H groups in total. The second kappa shape index (κ2) is 7.25.